The second-order valence-electron chi connectivity index (χ2n) is 6.62. The van der Waals surface area contributed by atoms with Gasteiger partial charge in [-0.15, -0.1) is 0 Å². The number of benzene rings is 2. The van der Waals surface area contributed by atoms with Crippen molar-refractivity contribution in [3.05, 3.63) is 48.0 Å². The Morgan fingerprint density at radius 1 is 1.10 bits per heavy atom. The third kappa shape index (κ3) is 5.08. The molecule has 2 amide bonds. The Bertz CT molecular complexity index is 926. The molecular formula is C22H24N2O6. The van der Waals surface area contributed by atoms with Crippen LogP contribution in [0.25, 0.3) is 0 Å². The standard InChI is InChI=1S/C22H24N2O6/c1-3-29-18-11-6-15(13-19(18)28-2)22(27)30-14-20(25)23-16-7-9-17(10-8-16)24-12-4-5-21(24)26/h6-11,13H,3-5,12,14H2,1-2H3,(H,23,25). The molecule has 1 fully saturated rings. The van der Waals surface area contributed by atoms with Crippen LogP contribution in [0.3, 0.4) is 0 Å². The molecule has 8 heteroatoms. The molecule has 3 rings (SSSR count). The second-order valence-corrected chi connectivity index (χ2v) is 6.62. The summed E-state index contributed by atoms with van der Waals surface area (Å²) < 4.78 is 15.7. The lowest BCUT2D eigenvalue weighted by Crippen LogP contribution is -2.23. The molecule has 158 valence electrons. The number of rotatable bonds is 8. The predicted octanol–water partition coefficient (Wildman–Crippen LogP) is 3.02. The normalized spacial score (nSPS) is 13.1. The van der Waals surface area contributed by atoms with Crippen LogP contribution < -0.4 is 19.7 Å². The molecule has 1 heterocycles. The van der Waals surface area contributed by atoms with E-state index in [1.165, 1.54) is 13.2 Å². The monoisotopic (exact) mass is 412 g/mol. The van der Waals surface area contributed by atoms with E-state index in [1.54, 1.807) is 41.3 Å². The van der Waals surface area contributed by atoms with Gasteiger partial charge < -0.3 is 24.4 Å². The predicted molar refractivity (Wildman–Crippen MR) is 111 cm³/mol. The van der Waals surface area contributed by atoms with E-state index < -0.39 is 18.5 Å². The Morgan fingerprint density at radius 2 is 1.87 bits per heavy atom. The lowest BCUT2D eigenvalue weighted by atomic mass is 10.2. The van der Waals surface area contributed by atoms with E-state index in [9.17, 15) is 14.4 Å². The topological polar surface area (TPSA) is 94.2 Å². The molecule has 0 bridgehead atoms. The van der Waals surface area contributed by atoms with Crippen molar-refractivity contribution in [1.82, 2.24) is 0 Å². The van der Waals surface area contributed by atoms with E-state index in [4.69, 9.17) is 14.2 Å². The second kappa shape index (κ2) is 9.78. The number of hydrogen-bond donors (Lipinski definition) is 1. The Morgan fingerprint density at radius 3 is 2.50 bits per heavy atom. The van der Waals surface area contributed by atoms with Gasteiger partial charge in [-0.25, -0.2) is 4.79 Å². The number of ether oxygens (including phenoxy) is 3. The zero-order valence-electron chi connectivity index (χ0n) is 17.0. The molecule has 0 aliphatic carbocycles. The fraction of sp³-hybridized carbons (Fsp3) is 0.318. The molecule has 2 aromatic rings. The van der Waals surface area contributed by atoms with Gasteiger partial charge in [0.05, 0.1) is 19.3 Å². The van der Waals surface area contributed by atoms with E-state index in [0.29, 0.717) is 36.8 Å². The van der Waals surface area contributed by atoms with Crippen LogP contribution in [0.15, 0.2) is 42.5 Å². The van der Waals surface area contributed by atoms with Gasteiger partial charge in [0.2, 0.25) is 5.91 Å². The molecule has 1 aliphatic heterocycles. The number of amides is 2. The molecule has 0 spiro atoms. The van der Waals surface area contributed by atoms with Crippen LogP contribution in [0.1, 0.15) is 30.1 Å². The third-order valence-corrected chi connectivity index (χ3v) is 4.57. The van der Waals surface area contributed by atoms with Gasteiger partial charge in [0.15, 0.2) is 18.1 Å². The number of nitrogens with zero attached hydrogens (tertiary/aromatic N) is 1. The first kappa shape index (κ1) is 21.2. The summed E-state index contributed by atoms with van der Waals surface area (Å²) in [4.78, 5) is 37.8. The summed E-state index contributed by atoms with van der Waals surface area (Å²) >= 11 is 0. The highest BCUT2D eigenvalue weighted by molar-refractivity contribution is 5.97. The highest BCUT2D eigenvalue weighted by Gasteiger charge is 2.21. The summed E-state index contributed by atoms with van der Waals surface area (Å²) in [5.74, 6) is -0.0778. The first-order chi connectivity index (χ1) is 14.5. The molecular weight excluding hydrogens is 388 g/mol. The summed E-state index contributed by atoms with van der Waals surface area (Å²) in [5.41, 5.74) is 1.60. The van der Waals surface area contributed by atoms with Crippen molar-refractivity contribution in [1.29, 1.82) is 0 Å². The van der Waals surface area contributed by atoms with Crippen molar-refractivity contribution in [3.63, 3.8) is 0 Å². The number of methoxy groups -OCH3 is 1. The maximum atomic E-state index is 12.2. The smallest absolute Gasteiger partial charge is 0.338 e. The van der Waals surface area contributed by atoms with Crippen LogP contribution in [0, 0.1) is 0 Å². The summed E-state index contributed by atoms with van der Waals surface area (Å²) in [5, 5.41) is 2.66. The van der Waals surface area contributed by atoms with Gasteiger partial charge >= 0.3 is 5.97 Å². The number of carbonyl (C=O) groups is 3. The van der Waals surface area contributed by atoms with Crippen molar-refractivity contribution < 1.29 is 28.6 Å². The zero-order valence-corrected chi connectivity index (χ0v) is 17.0. The van der Waals surface area contributed by atoms with Gasteiger partial charge in [-0.1, -0.05) is 0 Å². The first-order valence-electron chi connectivity index (χ1n) is 9.70. The lowest BCUT2D eigenvalue weighted by molar-refractivity contribution is -0.119. The molecule has 0 atom stereocenters. The first-order valence-corrected chi connectivity index (χ1v) is 9.70. The Balaban J connectivity index is 1.53. The minimum absolute atomic E-state index is 0.101. The van der Waals surface area contributed by atoms with Crippen LogP contribution >= 0.6 is 0 Å². The molecule has 2 aromatic carbocycles. The quantitative estimate of drug-likeness (QED) is 0.670. The van der Waals surface area contributed by atoms with Gasteiger partial charge in [-0.2, -0.15) is 0 Å². The molecule has 30 heavy (non-hydrogen) atoms. The maximum absolute atomic E-state index is 12.2. The summed E-state index contributed by atoms with van der Waals surface area (Å²) in [6.07, 6.45) is 1.41. The lowest BCUT2D eigenvalue weighted by Gasteiger charge is -2.16. The number of anilines is 2. The number of hydrogen-bond acceptors (Lipinski definition) is 6. The zero-order chi connectivity index (χ0) is 21.5. The Kier molecular flexibility index (Phi) is 6.90. The van der Waals surface area contributed by atoms with Crippen molar-refractivity contribution in [2.75, 3.05) is 37.1 Å². The van der Waals surface area contributed by atoms with Crippen molar-refractivity contribution in [3.8, 4) is 11.5 Å². The molecule has 0 unspecified atom stereocenters. The molecule has 0 radical (unpaired) electrons. The van der Waals surface area contributed by atoms with Crippen LogP contribution in [-0.4, -0.2) is 44.7 Å². The van der Waals surface area contributed by atoms with Crippen molar-refractivity contribution in [2.24, 2.45) is 0 Å². The van der Waals surface area contributed by atoms with Gasteiger partial charge in [0.1, 0.15) is 0 Å². The summed E-state index contributed by atoms with van der Waals surface area (Å²) in [6, 6.07) is 11.6. The summed E-state index contributed by atoms with van der Waals surface area (Å²) in [7, 11) is 1.48. The van der Waals surface area contributed by atoms with Gasteiger partial charge in [-0.3, -0.25) is 9.59 Å². The van der Waals surface area contributed by atoms with Crippen molar-refractivity contribution in [2.45, 2.75) is 19.8 Å². The van der Waals surface area contributed by atoms with E-state index in [2.05, 4.69) is 5.32 Å². The fourth-order valence-electron chi connectivity index (χ4n) is 3.13. The largest absolute Gasteiger partial charge is 0.493 e. The average molecular weight is 412 g/mol. The number of carbonyl (C=O) groups excluding carboxylic acids is 3. The molecule has 1 saturated heterocycles. The van der Waals surface area contributed by atoms with Crippen LogP contribution in [-0.2, 0) is 14.3 Å². The third-order valence-electron chi connectivity index (χ3n) is 4.57. The minimum Gasteiger partial charge on any atom is -0.493 e. The van der Waals surface area contributed by atoms with E-state index >= 15 is 0 Å². The average Bonchev–Trinajstić information content (AvgIpc) is 3.19. The van der Waals surface area contributed by atoms with Crippen LogP contribution in [0.4, 0.5) is 11.4 Å². The molecule has 0 saturated carbocycles. The Hall–Kier alpha value is -3.55. The highest BCUT2D eigenvalue weighted by atomic mass is 16.5. The Labute approximate surface area is 174 Å². The van der Waals surface area contributed by atoms with Gasteiger partial charge in [-0.05, 0) is 55.8 Å². The highest BCUT2D eigenvalue weighted by Crippen LogP contribution is 2.28. The van der Waals surface area contributed by atoms with Crippen molar-refractivity contribution >= 4 is 29.2 Å². The number of nitrogens with one attached hydrogen (secondary N) is 1. The maximum Gasteiger partial charge on any atom is 0.338 e. The SMILES string of the molecule is CCOc1ccc(C(=O)OCC(=O)Nc2ccc(N3CCCC3=O)cc2)cc1OC. The van der Waals surface area contributed by atoms with E-state index in [-0.39, 0.29) is 11.5 Å². The van der Waals surface area contributed by atoms with E-state index in [0.717, 1.165) is 12.1 Å². The molecule has 1 N–H and O–H groups in total. The minimum atomic E-state index is -0.644. The van der Waals surface area contributed by atoms with Gasteiger partial charge in [0.25, 0.3) is 5.91 Å². The number of esters is 1. The molecule has 8 nitrogen and oxygen atoms in total. The van der Waals surface area contributed by atoms with Crippen LogP contribution in [0.2, 0.25) is 0 Å². The van der Waals surface area contributed by atoms with Crippen LogP contribution in [0.5, 0.6) is 11.5 Å². The van der Waals surface area contributed by atoms with E-state index in [1.807, 2.05) is 6.92 Å². The fourth-order valence-corrected chi connectivity index (χ4v) is 3.13. The summed E-state index contributed by atoms with van der Waals surface area (Å²) in [6.45, 7) is 2.59. The van der Waals surface area contributed by atoms with Gasteiger partial charge in [0, 0.05) is 24.3 Å². The molecule has 0 aromatic heterocycles. The molecule has 1 aliphatic rings.